The minimum Gasteiger partial charge on any atom is -0.491 e. The third-order valence-electron chi connectivity index (χ3n) is 5.84. The van der Waals surface area contributed by atoms with E-state index in [1.54, 1.807) is 29.5 Å². The number of piperazine rings is 1. The van der Waals surface area contributed by atoms with E-state index in [2.05, 4.69) is 24.9 Å². The summed E-state index contributed by atoms with van der Waals surface area (Å²) in [7, 11) is 0. The van der Waals surface area contributed by atoms with E-state index in [-0.39, 0.29) is 6.61 Å². The molecule has 3 heterocycles. The smallest absolute Gasteiger partial charge is 0.259 e. The van der Waals surface area contributed by atoms with Gasteiger partial charge in [-0.1, -0.05) is 28.4 Å². The maximum atomic E-state index is 10.5. The van der Waals surface area contributed by atoms with Crippen LogP contribution < -0.4 is 4.74 Å². The van der Waals surface area contributed by atoms with Crippen molar-refractivity contribution in [3.8, 4) is 17.2 Å². The van der Waals surface area contributed by atoms with Crippen molar-refractivity contribution in [3.05, 3.63) is 57.3 Å². The van der Waals surface area contributed by atoms with Gasteiger partial charge in [-0.3, -0.25) is 9.80 Å². The van der Waals surface area contributed by atoms with Gasteiger partial charge in [-0.15, -0.1) is 11.3 Å². The molecular formula is C24H25Cl2N5O3S. The molecule has 0 aliphatic carbocycles. The second-order valence-electron chi connectivity index (χ2n) is 8.54. The molecule has 2 aromatic heterocycles. The molecule has 1 saturated heterocycles. The fraction of sp³-hybridized carbons (Fsp3) is 0.375. The summed E-state index contributed by atoms with van der Waals surface area (Å²) >= 11 is 13.9. The number of hydrogen-bond donors (Lipinski definition) is 1. The Kier molecular flexibility index (Phi) is 7.52. The van der Waals surface area contributed by atoms with E-state index in [0.29, 0.717) is 40.4 Å². The zero-order valence-corrected chi connectivity index (χ0v) is 21.5. The maximum Gasteiger partial charge on any atom is 0.259 e. The molecule has 1 fully saturated rings. The fourth-order valence-electron chi connectivity index (χ4n) is 4.08. The van der Waals surface area contributed by atoms with Gasteiger partial charge in [0.25, 0.3) is 5.89 Å². The van der Waals surface area contributed by atoms with Crippen LogP contribution in [0.25, 0.3) is 21.7 Å². The summed E-state index contributed by atoms with van der Waals surface area (Å²) in [5.41, 5.74) is 1.60. The van der Waals surface area contributed by atoms with Crippen LogP contribution in [-0.4, -0.2) is 75.5 Å². The number of hydrogen-bond acceptors (Lipinski definition) is 9. The lowest BCUT2D eigenvalue weighted by Crippen LogP contribution is -2.48. The first kappa shape index (κ1) is 24.4. The molecule has 184 valence electrons. The highest BCUT2D eigenvalue weighted by Crippen LogP contribution is 2.29. The molecule has 8 nitrogen and oxygen atoms in total. The van der Waals surface area contributed by atoms with Crippen LogP contribution in [0, 0.1) is 6.92 Å². The molecule has 11 heteroatoms. The minimum absolute atomic E-state index is 0.244. The van der Waals surface area contributed by atoms with Crippen molar-refractivity contribution in [2.45, 2.75) is 19.6 Å². The molecule has 2 aromatic carbocycles. The molecule has 0 spiro atoms. The molecule has 4 aromatic rings. The predicted octanol–water partition coefficient (Wildman–Crippen LogP) is 4.52. The van der Waals surface area contributed by atoms with E-state index in [1.165, 1.54) is 0 Å². The molecular weight excluding hydrogens is 509 g/mol. The molecule has 1 aliphatic rings. The van der Waals surface area contributed by atoms with Crippen LogP contribution in [0.3, 0.4) is 0 Å². The molecule has 1 aliphatic heterocycles. The van der Waals surface area contributed by atoms with Crippen LogP contribution in [0.2, 0.25) is 10.0 Å². The SMILES string of the molecule is Cc1nc2cc(OC[C@H](O)CN3CCN(Cc4noc(-c5ccc(Cl)cc5Cl)n4)CC3)ccc2s1. The Morgan fingerprint density at radius 2 is 1.89 bits per heavy atom. The van der Waals surface area contributed by atoms with Gasteiger partial charge in [-0.2, -0.15) is 4.98 Å². The van der Waals surface area contributed by atoms with Gasteiger partial charge in [-0.25, -0.2) is 4.98 Å². The second kappa shape index (κ2) is 10.8. The lowest BCUT2D eigenvalue weighted by atomic mass is 10.2. The van der Waals surface area contributed by atoms with Gasteiger partial charge in [0.05, 0.1) is 32.4 Å². The summed E-state index contributed by atoms with van der Waals surface area (Å²) in [6.45, 7) is 6.76. The Hall–Kier alpha value is -2.27. The summed E-state index contributed by atoms with van der Waals surface area (Å²) in [6.07, 6.45) is -0.571. The molecule has 1 atom stereocenters. The van der Waals surface area contributed by atoms with Crippen LogP contribution in [0.1, 0.15) is 10.8 Å². The molecule has 1 N–H and O–H groups in total. The summed E-state index contributed by atoms with van der Waals surface area (Å²) in [5.74, 6) is 1.72. The van der Waals surface area contributed by atoms with Crippen molar-refractivity contribution in [1.82, 2.24) is 24.9 Å². The van der Waals surface area contributed by atoms with Crippen LogP contribution in [0.4, 0.5) is 0 Å². The van der Waals surface area contributed by atoms with Crippen molar-refractivity contribution in [2.24, 2.45) is 0 Å². The molecule has 35 heavy (non-hydrogen) atoms. The van der Waals surface area contributed by atoms with E-state index in [4.69, 9.17) is 32.5 Å². The van der Waals surface area contributed by atoms with Gasteiger partial charge in [0.2, 0.25) is 0 Å². The number of β-amino-alcohol motifs (C(OH)–C–C–N with tert-alkyl or cyclic N) is 1. The number of nitrogens with zero attached hydrogens (tertiary/aromatic N) is 5. The van der Waals surface area contributed by atoms with Crippen LogP contribution in [0.5, 0.6) is 5.75 Å². The highest BCUT2D eigenvalue weighted by atomic mass is 35.5. The Morgan fingerprint density at radius 3 is 2.69 bits per heavy atom. The van der Waals surface area contributed by atoms with Gasteiger partial charge >= 0.3 is 0 Å². The van der Waals surface area contributed by atoms with E-state index < -0.39 is 6.10 Å². The van der Waals surface area contributed by atoms with Crippen molar-refractivity contribution in [2.75, 3.05) is 39.3 Å². The number of aryl methyl sites for hydroxylation is 1. The van der Waals surface area contributed by atoms with Crippen LogP contribution in [0.15, 0.2) is 40.9 Å². The summed E-state index contributed by atoms with van der Waals surface area (Å²) in [6, 6.07) is 11.0. The third kappa shape index (κ3) is 6.11. The van der Waals surface area contributed by atoms with Gasteiger partial charge in [0.1, 0.15) is 18.5 Å². The van der Waals surface area contributed by atoms with Crippen molar-refractivity contribution < 1.29 is 14.4 Å². The van der Waals surface area contributed by atoms with Crippen molar-refractivity contribution in [1.29, 1.82) is 0 Å². The highest BCUT2D eigenvalue weighted by Gasteiger charge is 2.22. The van der Waals surface area contributed by atoms with Crippen molar-refractivity contribution >= 4 is 44.8 Å². The molecule has 5 rings (SSSR count). The first-order valence-corrected chi connectivity index (χ1v) is 12.9. The molecule has 0 saturated carbocycles. The first-order chi connectivity index (χ1) is 16.9. The molecule has 0 radical (unpaired) electrons. The van der Waals surface area contributed by atoms with Gasteiger partial charge in [-0.05, 0) is 37.3 Å². The van der Waals surface area contributed by atoms with Gasteiger partial charge in [0.15, 0.2) is 5.82 Å². The number of aliphatic hydroxyl groups excluding tert-OH is 1. The number of thiazole rings is 1. The van der Waals surface area contributed by atoms with E-state index in [1.807, 2.05) is 25.1 Å². The number of halogens is 2. The maximum absolute atomic E-state index is 10.5. The zero-order valence-electron chi connectivity index (χ0n) is 19.2. The standard InChI is InChI=1S/C24H25Cl2N5O3S/c1-15-27-21-11-18(3-5-22(21)35-15)33-14-17(32)12-30-6-8-31(9-7-30)13-23-28-24(34-29-23)19-4-2-16(25)10-20(19)26/h2-5,10-11,17,32H,6-9,12-14H2,1H3/t17-/m1/s1. The largest absolute Gasteiger partial charge is 0.491 e. The van der Waals surface area contributed by atoms with Crippen LogP contribution in [-0.2, 0) is 6.54 Å². The molecule has 0 bridgehead atoms. The van der Waals surface area contributed by atoms with Crippen LogP contribution >= 0.6 is 34.5 Å². The average Bonchev–Trinajstić information content (AvgIpc) is 3.44. The topological polar surface area (TPSA) is 87.8 Å². The van der Waals surface area contributed by atoms with Gasteiger partial charge < -0.3 is 14.4 Å². The Labute approximate surface area is 217 Å². The number of aromatic nitrogens is 3. The molecule has 0 amide bonds. The first-order valence-electron chi connectivity index (χ1n) is 11.3. The summed E-state index contributed by atoms with van der Waals surface area (Å²) < 4.78 is 12.4. The third-order valence-corrected chi connectivity index (χ3v) is 7.34. The summed E-state index contributed by atoms with van der Waals surface area (Å²) in [5, 5.41) is 16.6. The molecule has 0 unspecified atom stereocenters. The van der Waals surface area contributed by atoms with Gasteiger partial charge in [0, 0.05) is 43.8 Å². The van der Waals surface area contributed by atoms with E-state index in [0.717, 1.165) is 47.2 Å². The number of rotatable bonds is 8. The normalized spacial score (nSPS) is 16.1. The zero-order chi connectivity index (χ0) is 24.4. The predicted molar refractivity (Wildman–Crippen MR) is 137 cm³/mol. The monoisotopic (exact) mass is 533 g/mol. The lowest BCUT2D eigenvalue weighted by Gasteiger charge is -2.34. The van der Waals surface area contributed by atoms with E-state index in [9.17, 15) is 5.11 Å². The highest BCUT2D eigenvalue weighted by molar-refractivity contribution is 7.18. The quantitative estimate of drug-likeness (QED) is 0.353. The Bertz CT molecular complexity index is 1310. The second-order valence-corrected chi connectivity index (χ2v) is 10.6. The number of ether oxygens (including phenoxy) is 1. The Morgan fingerprint density at radius 1 is 1.09 bits per heavy atom. The minimum atomic E-state index is -0.571. The fourth-order valence-corrected chi connectivity index (χ4v) is 5.37. The van der Waals surface area contributed by atoms with Crippen molar-refractivity contribution in [3.63, 3.8) is 0 Å². The number of aliphatic hydroxyl groups is 1. The average molecular weight is 534 g/mol. The Balaban J connectivity index is 1.07. The number of fused-ring (bicyclic) bond motifs is 1. The van der Waals surface area contributed by atoms with E-state index >= 15 is 0 Å². The summed E-state index contributed by atoms with van der Waals surface area (Å²) in [4.78, 5) is 13.5. The number of benzene rings is 2. The lowest BCUT2D eigenvalue weighted by molar-refractivity contribution is 0.0440.